The number of rotatable bonds is 37. The van der Waals surface area contributed by atoms with E-state index in [9.17, 15) is 9.59 Å². The number of carbonyl (C=O) groups excluding carboxylic acids is 2. The van der Waals surface area contributed by atoms with Crippen LogP contribution in [-0.4, -0.2) is 99.3 Å². The maximum absolute atomic E-state index is 12.7. The predicted octanol–water partition coefficient (Wildman–Crippen LogP) is 11.2. The first-order valence-corrected chi connectivity index (χ1v) is 22.7. The molecule has 53 heavy (non-hydrogen) atoms. The van der Waals surface area contributed by atoms with E-state index in [1.54, 1.807) is 0 Å². The molecule has 0 aromatic carbocycles. The highest BCUT2D eigenvalue weighted by Crippen LogP contribution is 2.22. The van der Waals surface area contributed by atoms with Crippen molar-refractivity contribution in [2.24, 2.45) is 5.92 Å². The van der Waals surface area contributed by atoms with Crippen molar-refractivity contribution < 1.29 is 19.1 Å². The van der Waals surface area contributed by atoms with Gasteiger partial charge in [0, 0.05) is 39.1 Å². The van der Waals surface area contributed by atoms with Gasteiger partial charge in [0.05, 0.1) is 6.42 Å². The highest BCUT2D eigenvalue weighted by atomic mass is 16.6. The number of likely N-dealkylation sites (N-methyl/N-ethyl adjacent to an activating group) is 1. The van der Waals surface area contributed by atoms with Gasteiger partial charge in [-0.1, -0.05) is 135 Å². The third kappa shape index (κ3) is 32.3. The lowest BCUT2D eigenvalue weighted by Crippen LogP contribution is -2.45. The van der Waals surface area contributed by atoms with Crippen LogP contribution in [0.5, 0.6) is 0 Å². The summed E-state index contributed by atoms with van der Waals surface area (Å²) in [4.78, 5) is 32.8. The van der Waals surface area contributed by atoms with Crippen LogP contribution in [0.2, 0.25) is 0 Å². The number of unbranched alkanes of at least 4 members (excludes halogenated alkanes) is 15. The number of hydrogen-bond acceptors (Lipinski definition) is 7. The normalized spacial score (nSPS) is 14.4. The number of allylic oxidation sites excluding steroid dienone is 4. The van der Waals surface area contributed by atoms with Gasteiger partial charge in [-0.15, -0.1) is 0 Å². The van der Waals surface area contributed by atoms with Crippen molar-refractivity contribution in [1.29, 1.82) is 0 Å². The zero-order valence-corrected chi connectivity index (χ0v) is 35.6. The summed E-state index contributed by atoms with van der Waals surface area (Å²) in [5.74, 6) is 0.0783. The van der Waals surface area contributed by atoms with Gasteiger partial charge < -0.3 is 24.2 Å². The van der Waals surface area contributed by atoms with Crippen LogP contribution >= 0.6 is 0 Å². The third-order valence-electron chi connectivity index (χ3n) is 10.8. The van der Waals surface area contributed by atoms with Crippen molar-refractivity contribution in [2.45, 2.75) is 181 Å². The summed E-state index contributed by atoms with van der Waals surface area (Å²) in [6, 6.07) is 0. The van der Waals surface area contributed by atoms with E-state index >= 15 is 0 Å². The van der Waals surface area contributed by atoms with Gasteiger partial charge in [-0.25, -0.2) is 0 Å². The second-order valence-electron chi connectivity index (χ2n) is 15.9. The van der Waals surface area contributed by atoms with Crippen molar-refractivity contribution >= 4 is 11.9 Å². The Labute approximate surface area is 329 Å². The van der Waals surface area contributed by atoms with Crippen LogP contribution in [0.4, 0.5) is 0 Å². The maximum Gasteiger partial charge on any atom is 0.307 e. The number of ether oxygens (including phenoxy) is 2. The summed E-state index contributed by atoms with van der Waals surface area (Å²) in [5.41, 5.74) is 0. The number of piperazine rings is 1. The van der Waals surface area contributed by atoms with Crippen LogP contribution in [-0.2, 0) is 19.1 Å². The van der Waals surface area contributed by atoms with E-state index in [2.05, 4.69) is 66.8 Å². The smallest absolute Gasteiger partial charge is 0.307 e. The molecule has 0 aromatic heterocycles. The number of hydrogen-bond donors (Lipinski definition) is 0. The SMILES string of the molecule is CCCCC/C=C\C/C=C\CCCCCCCCN(CCCN1CCN(C)CC1)CCC(=O)OCCOC(=O)CC(CCCCCC)CCCCCC. The van der Waals surface area contributed by atoms with Gasteiger partial charge >= 0.3 is 11.9 Å². The molecule has 1 rings (SSSR count). The molecule has 0 unspecified atom stereocenters. The molecule has 0 saturated carbocycles. The first-order chi connectivity index (χ1) is 26.0. The van der Waals surface area contributed by atoms with Crippen molar-refractivity contribution in [3.63, 3.8) is 0 Å². The summed E-state index contributed by atoms with van der Waals surface area (Å²) >= 11 is 0. The molecule has 0 N–H and O–H groups in total. The van der Waals surface area contributed by atoms with Crippen molar-refractivity contribution in [3.8, 4) is 0 Å². The maximum atomic E-state index is 12.7. The largest absolute Gasteiger partial charge is 0.462 e. The second kappa shape index (κ2) is 37.2. The number of carbonyl (C=O) groups is 2. The Kier molecular flexibility index (Phi) is 34.6. The van der Waals surface area contributed by atoms with E-state index in [0.717, 1.165) is 78.0 Å². The molecular formula is C46H87N3O4. The monoisotopic (exact) mass is 746 g/mol. The van der Waals surface area contributed by atoms with Crippen LogP contribution in [0, 0.1) is 5.92 Å². The molecule has 0 aromatic rings. The first-order valence-electron chi connectivity index (χ1n) is 22.7. The molecule has 0 radical (unpaired) electrons. The molecule has 1 heterocycles. The fourth-order valence-corrected chi connectivity index (χ4v) is 7.24. The van der Waals surface area contributed by atoms with Crippen LogP contribution in [0.15, 0.2) is 24.3 Å². The Bertz CT molecular complexity index is 874. The lowest BCUT2D eigenvalue weighted by atomic mass is 9.92. The first kappa shape index (κ1) is 49.3. The summed E-state index contributed by atoms with van der Waals surface area (Å²) in [6.07, 6.45) is 38.5. The molecule has 0 amide bonds. The minimum atomic E-state index is -0.188. The van der Waals surface area contributed by atoms with Crippen LogP contribution in [0.3, 0.4) is 0 Å². The topological polar surface area (TPSA) is 62.3 Å². The summed E-state index contributed by atoms with van der Waals surface area (Å²) in [5, 5.41) is 0. The van der Waals surface area contributed by atoms with Crippen molar-refractivity contribution in [2.75, 3.05) is 72.6 Å². The van der Waals surface area contributed by atoms with Crippen LogP contribution in [0.25, 0.3) is 0 Å². The average Bonchev–Trinajstić information content (AvgIpc) is 3.16. The quantitative estimate of drug-likeness (QED) is 0.0356. The van der Waals surface area contributed by atoms with E-state index in [4.69, 9.17) is 9.47 Å². The predicted molar refractivity (Wildman–Crippen MR) is 227 cm³/mol. The molecule has 310 valence electrons. The van der Waals surface area contributed by atoms with E-state index < -0.39 is 0 Å². The van der Waals surface area contributed by atoms with Crippen molar-refractivity contribution in [1.82, 2.24) is 14.7 Å². The molecule has 0 aliphatic carbocycles. The van der Waals surface area contributed by atoms with Crippen LogP contribution < -0.4 is 0 Å². The van der Waals surface area contributed by atoms with E-state index in [-0.39, 0.29) is 25.2 Å². The molecule has 1 aliphatic rings. The third-order valence-corrected chi connectivity index (χ3v) is 10.8. The molecule has 1 saturated heterocycles. The van der Waals surface area contributed by atoms with Gasteiger partial charge in [0.25, 0.3) is 0 Å². The minimum absolute atomic E-state index is 0.142. The fourth-order valence-electron chi connectivity index (χ4n) is 7.24. The second-order valence-corrected chi connectivity index (χ2v) is 15.9. The molecule has 1 aliphatic heterocycles. The lowest BCUT2D eigenvalue weighted by Gasteiger charge is -2.33. The van der Waals surface area contributed by atoms with E-state index in [0.29, 0.717) is 18.8 Å². The summed E-state index contributed by atoms with van der Waals surface area (Å²) in [7, 11) is 2.21. The molecule has 0 atom stereocenters. The number of nitrogens with zero attached hydrogens (tertiary/aromatic N) is 3. The molecule has 1 fully saturated rings. The zero-order valence-electron chi connectivity index (χ0n) is 35.6. The van der Waals surface area contributed by atoms with Gasteiger partial charge in [0.15, 0.2) is 0 Å². The molecule has 7 nitrogen and oxygen atoms in total. The van der Waals surface area contributed by atoms with Crippen molar-refractivity contribution in [3.05, 3.63) is 24.3 Å². The lowest BCUT2D eigenvalue weighted by molar-refractivity contribution is -0.153. The Morgan fingerprint density at radius 1 is 0.585 bits per heavy atom. The van der Waals surface area contributed by atoms with Gasteiger partial charge in [-0.05, 0) is 90.4 Å². The van der Waals surface area contributed by atoms with Gasteiger partial charge in [0.2, 0.25) is 0 Å². The minimum Gasteiger partial charge on any atom is -0.462 e. The zero-order chi connectivity index (χ0) is 38.5. The Hall–Kier alpha value is -1.70. The Morgan fingerprint density at radius 2 is 1.09 bits per heavy atom. The number of esters is 2. The van der Waals surface area contributed by atoms with E-state index in [1.165, 1.54) is 122 Å². The molecule has 7 heteroatoms. The fraction of sp³-hybridized carbons (Fsp3) is 0.870. The van der Waals surface area contributed by atoms with E-state index in [1.807, 2.05) is 0 Å². The average molecular weight is 746 g/mol. The molecule has 0 spiro atoms. The Morgan fingerprint density at radius 3 is 1.72 bits per heavy atom. The van der Waals surface area contributed by atoms with Gasteiger partial charge in [-0.3, -0.25) is 9.59 Å². The highest BCUT2D eigenvalue weighted by molar-refractivity contribution is 5.70. The van der Waals surface area contributed by atoms with Crippen LogP contribution in [0.1, 0.15) is 181 Å². The molecule has 0 bridgehead atoms. The van der Waals surface area contributed by atoms with Gasteiger partial charge in [-0.2, -0.15) is 0 Å². The summed E-state index contributed by atoms with van der Waals surface area (Å²) < 4.78 is 11.0. The standard InChI is InChI=1S/C46H87N3O4/c1-5-8-11-14-15-16-17-18-19-20-21-22-23-24-25-28-33-48(34-29-35-49-39-37-47(4)38-40-49)36-32-45(50)52-41-42-53-46(51)43-44(30-26-12-9-6-2)31-27-13-10-7-3/h15-16,18-19,44H,5-14,17,20-43H2,1-4H3/b16-15-,19-18-. The highest BCUT2D eigenvalue weighted by Gasteiger charge is 2.17. The Balaban J connectivity index is 2.32. The van der Waals surface area contributed by atoms with Gasteiger partial charge in [0.1, 0.15) is 13.2 Å². The molecular weight excluding hydrogens is 659 g/mol. The summed E-state index contributed by atoms with van der Waals surface area (Å²) in [6.45, 7) is 15.6.